The lowest BCUT2D eigenvalue weighted by molar-refractivity contribution is 0.606. The maximum absolute atomic E-state index is 2.46. The molecule has 0 aliphatic heterocycles. The standard InChI is InChI=1S/C14H32Si/c1-11(2)9-10-15(12(3)4,13(5)6)14(7)8/h11-14H,9-10H2,1-8H3. The van der Waals surface area contributed by atoms with Crippen LogP contribution in [0.3, 0.4) is 0 Å². The lowest BCUT2D eigenvalue weighted by atomic mass is 10.2. The minimum atomic E-state index is -1.09. The minimum Gasteiger partial charge on any atom is -0.0651 e. The third kappa shape index (κ3) is 3.62. The quantitative estimate of drug-likeness (QED) is 0.511. The molecule has 0 amide bonds. The fourth-order valence-electron chi connectivity index (χ4n) is 3.40. The van der Waals surface area contributed by atoms with Crippen LogP contribution in [0.25, 0.3) is 0 Å². The van der Waals surface area contributed by atoms with Gasteiger partial charge in [0.1, 0.15) is 0 Å². The Kier molecular flexibility index (Phi) is 6.16. The molecule has 1 heteroatoms. The van der Waals surface area contributed by atoms with Crippen LogP contribution in [0.15, 0.2) is 0 Å². The SMILES string of the molecule is CC(C)CC[Si](C(C)C)(C(C)C)C(C)C. The van der Waals surface area contributed by atoms with Gasteiger partial charge in [-0.2, -0.15) is 0 Å². The van der Waals surface area contributed by atoms with Crippen LogP contribution in [-0.4, -0.2) is 8.07 Å². The molecule has 15 heavy (non-hydrogen) atoms. The fraction of sp³-hybridized carbons (Fsp3) is 1.00. The second kappa shape index (κ2) is 6.08. The summed E-state index contributed by atoms with van der Waals surface area (Å²) < 4.78 is 0. The second-order valence-electron chi connectivity index (χ2n) is 6.51. The van der Waals surface area contributed by atoms with Crippen molar-refractivity contribution in [3.8, 4) is 0 Å². The van der Waals surface area contributed by atoms with E-state index in [1.807, 2.05) is 0 Å². The highest BCUT2D eigenvalue weighted by Gasteiger charge is 2.41. The summed E-state index contributed by atoms with van der Waals surface area (Å²) in [6.45, 7) is 19.5. The predicted molar refractivity (Wildman–Crippen MR) is 75.3 cm³/mol. The van der Waals surface area contributed by atoms with Crippen LogP contribution in [0.4, 0.5) is 0 Å². The Morgan fingerprint density at radius 1 is 0.667 bits per heavy atom. The molecule has 0 unspecified atom stereocenters. The molecule has 0 saturated heterocycles. The molecule has 0 fully saturated rings. The van der Waals surface area contributed by atoms with Crippen LogP contribution < -0.4 is 0 Å². The molecule has 0 saturated carbocycles. The number of rotatable bonds is 6. The summed E-state index contributed by atoms with van der Waals surface area (Å²) in [5.74, 6) is 0.869. The zero-order valence-electron chi connectivity index (χ0n) is 12.2. The van der Waals surface area contributed by atoms with Crippen molar-refractivity contribution in [3.63, 3.8) is 0 Å². The Morgan fingerprint density at radius 3 is 1.20 bits per heavy atom. The molecule has 0 aliphatic carbocycles. The molecule has 0 aliphatic rings. The average molecular weight is 228 g/mol. The van der Waals surface area contributed by atoms with E-state index in [4.69, 9.17) is 0 Å². The normalized spacial score (nSPS) is 13.6. The highest BCUT2D eigenvalue weighted by Crippen LogP contribution is 2.45. The molecule has 0 spiro atoms. The van der Waals surface area contributed by atoms with Gasteiger partial charge < -0.3 is 0 Å². The van der Waals surface area contributed by atoms with Crippen molar-refractivity contribution in [2.24, 2.45) is 5.92 Å². The fourth-order valence-corrected chi connectivity index (χ4v) is 10.2. The van der Waals surface area contributed by atoms with Crippen LogP contribution in [0.2, 0.25) is 22.7 Å². The highest BCUT2D eigenvalue weighted by molar-refractivity contribution is 6.83. The van der Waals surface area contributed by atoms with Crippen molar-refractivity contribution >= 4 is 8.07 Å². The van der Waals surface area contributed by atoms with Crippen LogP contribution >= 0.6 is 0 Å². The van der Waals surface area contributed by atoms with Gasteiger partial charge in [-0.15, -0.1) is 0 Å². The zero-order valence-corrected chi connectivity index (χ0v) is 13.2. The van der Waals surface area contributed by atoms with Gasteiger partial charge in [0.05, 0.1) is 8.07 Å². The average Bonchev–Trinajstić information content (AvgIpc) is 2.02. The first-order valence-electron chi connectivity index (χ1n) is 6.75. The summed E-state index contributed by atoms with van der Waals surface area (Å²) in [5.41, 5.74) is 2.78. The predicted octanol–water partition coefficient (Wildman–Crippen LogP) is 5.71. The van der Waals surface area contributed by atoms with E-state index in [1.165, 1.54) is 12.5 Å². The molecule has 0 atom stereocenters. The summed E-state index contributed by atoms with van der Waals surface area (Å²) >= 11 is 0. The Labute approximate surface area is 98.9 Å². The van der Waals surface area contributed by atoms with E-state index in [0.717, 1.165) is 22.5 Å². The van der Waals surface area contributed by atoms with Crippen LogP contribution in [0.5, 0.6) is 0 Å². The maximum atomic E-state index is 2.46. The zero-order chi connectivity index (χ0) is 12.2. The van der Waals surface area contributed by atoms with Gasteiger partial charge in [0.2, 0.25) is 0 Å². The van der Waals surface area contributed by atoms with E-state index in [0.29, 0.717) is 0 Å². The van der Waals surface area contributed by atoms with Crippen molar-refractivity contribution in [1.29, 1.82) is 0 Å². The van der Waals surface area contributed by atoms with Crippen molar-refractivity contribution in [2.45, 2.75) is 84.5 Å². The van der Waals surface area contributed by atoms with Crippen molar-refractivity contribution < 1.29 is 0 Å². The Hall–Kier alpha value is 0.217. The van der Waals surface area contributed by atoms with Gasteiger partial charge in [-0.3, -0.25) is 0 Å². The first-order valence-corrected chi connectivity index (χ1v) is 9.19. The molecule has 92 valence electrons. The molecule has 0 radical (unpaired) electrons. The Balaban J connectivity index is 4.80. The molecular formula is C14H32Si. The number of hydrogen-bond acceptors (Lipinski definition) is 0. The van der Waals surface area contributed by atoms with Gasteiger partial charge in [0.25, 0.3) is 0 Å². The van der Waals surface area contributed by atoms with E-state index in [-0.39, 0.29) is 0 Å². The molecule has 0 nitrogen and oxygen atoms in total. The molecule has 0 rings (SSSR count). The van der Waals surface area contributed by atoms with E-state index in [1.54, 1.807) is 0 Å². The summed E-state index contributed by atoms with van der Waals surface area (Å²) in [4.78, 5) is 0. The number of hydrogen-bond donors (Lipinski definition) is 0. The van der Waals surface area contributed by atoms with Gasteiger partial charge in [-0.25, -0.2) is 0 Å². The molecule has 0 aromatic carbocycles. The van der Waals surface area contributed by atoms with Gasteiger partial charge in [0.15, 0.2) is 0 Å². The lowest BCUT2D eigenvalue weighted by Crippen LogP contribution is -2.44. The van der Waals surface area contributed by atoms with Crippen LogP contribution in [-0.2, 0) is 0 Å². The van der Waals surface area contributed by atoms with Crippen molar-refractivity contribution in [3.05, 3.63) is 0 Å². The smallest absolute Gasteiger partial charge is 0.0612 e. The van der Waals surface area contributed by atoms with Crippen molar-refractivity contribution in [2.75, 3.05) is 0 Å². The maximum Gasteiger partial charge on any atom is 0.0612 e. The summed E-state index contributed by atoms with van der Waals surface area (Å²) in [7, 11) is -1.09. The molecule has 0 N–H and O–H groups in total. The van der Waals surface area contributed by atoms with E-state index in [9.17, 15) is 0 Å². The monoisotopic (exact) mass is 228 g/mol. The van der Waals surface area contributed by atoms with Crippen LogP contribution in [0.1, 0.15) is 61.8 Å². The van der Waals surface area contributed by atoms with Gasteiger partial charge in [0, 0.05) is 0 Å². The summed E-state index contributed by atoms with van der Waals surface area (Å²) in [6.07, 6.45) is 1.43. The summed E-state index contributed by atoms with van der Waals surface area (Å²) in [5, 5.41) is 0. The van der Waals surface area contributed by atoms with E-state index < -0.39 is 8.07 Å². The highest BCUT2D eigenvalue weighted by atomic mass is 28.3. The van der Waals surface area contributed by atoms with Gasteiger partial charge >= 0.3 is 0 Å². The summed E-state index contributed by atoms with van der Waals surface area (Å²) in [6, 6.07) is 1.53. The molecule has 0 aromatic rings. The third-order valence-corrected chi connectivity index (χ3v) is 12.0. The first-order chi connectivity index (χ1) is 6.75. The molecule has 0 heterocycles. The second-order valence-corrected chi connectivity index (χ2v) is 12.7. The Morgan fingerprint density at radius 2 is 1.00 bits per heavy atom. The van der Waals surface area contributed by atoms with E-state index >= 15 is 0 Å². The molecule has 0 bridgehead atoms. The first kappa shape index (κ1) is 15.2. The Bertz CT molecular complexity index is 146. The third-order valence-electron chi connectivity index (χ3n) is 4.38. The van der Waals surface area contributed by atoms with Crippen molar-refractivity contribution in [1.82, 2.24) is 0 Å². The van der Waals surface area contributed by atoms with Crippen LogP contribution in [0, 0.1) is 5.92 Å². The van der Waals surface area contributed by atoms with Gasteiger partial charge in [-0.1, -0.05) is 84.5 Å². The molecular weight excluding hydrogens is 196 g/mol. The minimum absolute atomic E-state index is 0.869. The molecule has 0 aromatic heterocycles. The topological polar surface area (TPSA) is 0 Å². The van der Waals surface area contributed by atoms with E-state index in [2.05, 4.69) is 55.4 Å². The van der Waals surface area contributed by atoms with Gasteiger partial charge in [-0.05, 0) is 5.92 Å². The lowest BCUT2D eigenvalue weighted by Gasteiger charge is -2.44. The largest absolute Gasteiger partial charge is 0.0651 e.